The van der Waals surface area contributed by atoms with E-state index >= 15 is 0 Å². The number of likely N-dealkylation sites (tertiary alicyclic amines) is 1. The average Bonchev–Trinajstić information content (AvgIpc) is 2.58. The Kier molecular flexibility index (Phi) is 6.28. The van der Waals surface area contributed by atoms with E-state index in [1.165, 1.54) is 7.11 Å². The van der Waals surface area contributed by atoms with Crippen LogP contribution in [0.15, 0.2) is 24.3 Å². The number of ether oxygens (including phenoxy) is 2. The SMILES string of the molecule is CC[C@H](Oc1cccc(Cl)c1)C(=O)N1CCC(C(=O)OC)CC1. The number of carbonyl (C=O) groups excluding carboxylic acids is 2. The van der Waals surface area contributed by atoms with Crippen molar-refractivity contribution in [3.05, 3.63) is 29.3 Å². The summed E-state index contributed by atoms with van der Waals surface area (Å²) in [5.74, 6) is 0.232. The first-order valence-electron chi connectivity index (χ1n) is 7.84. The van der Waals surface area contributed by atoms with E-state index in [2.05, 4.69) is 0 Å². The van der Waals surface area contributed by atoms with Gasteiger partial charge in [0.25, 0.3) is 5.91 Å². The van der Waals surface area contributed by atoms with E-state index in [0.29, 0.717) is 43.1 Å². The van der Waals surface area contributed by atoms with Crippen molar-refractivity contribution in [3.63, 3.8) is 0 Å². The Morgan fingerprint density at radius 3 is 2.61 bits per heavy atom. The zero-order chi connectivity index (χ0) is 16.8. The van der Waals surface area contributed by atoms with E-state index in [-0.39, 0.29) is 17.8 Å². The molecule has 6 heteroatoms. The minimum atomic E-state index is -0.539. The second-order valence-corrected chi connectivity index (χ2v) is 6.03. The number of halogens is 1. The van der Waals surface area contributed by atoms with Crippen molar-refractivity contribution >= 4 is 23.5 Å². The molecule has 1 aliphatic rings. The second kappa shape index (κ2) is 8.20. The highest BCUT2D eigenvalue weighted by Crippen LogP contribution is 2.22. The zero-order valence-corrected chi connectivity index (χ0v) is 14.2. The van der Waals surface area contributed by atoms with Crippen LogP contribution in [0.1, 0.15) is 26.2 Å². The Hall–Kier alpha value is -1.75. The molecular weight excluding hydrogens is 318 g/mol. The molecule has 1 heterocycles. The van der Waals surface area contributed by atoms with Crippen LogP contribution in [0.25, 0.3) is 0 Å². The lowest BCUT2D eigenvalue weighted by Crippen LogP contribution is -2.46. The van der Waals surface area contributed by atoms with Gasteiger partial charge in [-0.25, -0.2) is 0 Å². The third-order valence-corrected chi connectivity index (χ3v) is 4.30. The van der Waals surface area contributed by atoms with Gasteiger partial charge in [0.1, 0.15) is 5.75 Å². The largest absolute Gasteiger partial charge is 0.481 e. The Balaban J connectivity index is 1.94. The summed E-state index contributed by atoms with van der Waals surface area (Å²) in [6.07, 6.45) is 1.29. The number of methoxy groups -OCH3 is 1. The third kappa shape index (κ3) is 4.61. The molecule has 1 fully saturated rings. The van der Waals surface area contributed by atoms with E-state index in [0.717, 1.165) is 0 Å². The molecule has 0 saturated carbocycles. The lowest BCUT2D eigenvalue weighted by atomic mass is 9.96. The average molecular weight is 340 g/mol. The van der Waals surface area contributed by atoms with Crippen molar-refractivity contribution in [2.45, 2.75) is 32.3 Å². The van der Waals surface area contributed by atoms with Crippen molar-refractivity contribution < 1.29 is 19.1 Å². The van der Waals surface area contributed by atoms with Crippen LogP contribution in [0.2, 0.25) is 5.02 Å². The highest BCUT2D eigenvalue weighted by atomic mass is 35.5. The van der Waals surface area contributed by atoms with Crippen molar-refractivity contribution in [1.29, 1.82) is 0 Å². The highest BCUT2D eigenvalue weighted by Gasteiger charge is 2.31. The van der Waals surface area contributed by atoms with Gasteiger partial charge in [0.05, 0.1) is 13.0 Å². The van der Waals surface area contributed by atoms with E-state index in [9.17, 15) is 9.59 Å². The van der Waals surface area contributed by atoms with Gasteiger partial charge in [-0.05, 0) is 37.5 Å². The van der Waals surface area contributed by atoms with Gasteiger partial charge in [-0.15, -0.1) is 0 Å². The van der Waals surface area contributed by atoms with Crippen LogP contribution < -0.4 is 4.74 Å². The summed E-state index contributed by atoms with van der Waals surface area (Å²) in [7, 11) is 1.39. The van der Waals surface area contributed by atoms with Gasteiger partial charge < -0.3 is 14.4 Å². The summed E-state index contributed by atoms with van der Waals surface area (Å²) < 4.78 is 10.6. The molecular formula is C17H22ClNO4. The Morgan fingerprint density at radius 2 is 2.04 bits per heavy atom. The fourth-order valence-corrected chi connectivity index (χ4v) is 2.90. The molecule has 1 aliphatic heterocycles. The van der Waals surface area contributed by atoms with Gasteiger partial charge in [0.15, 0.2) is 6.10 Å². The number of piperidine rings is 1. The maximum Gasteiger partial charge on any atom is 0.308 e. The first kappa shape index (κ1) is 17.6. The standard InChI is InChI=1S/C17H22ClNO4/c1-3-15(23-14-6-4-5-13(18)11-14)16(20)19-9-7-12(8-10-19)17(21)22-2/h4-6,11-12,15H,3,7-10H2,1-2H3/t15-/m0/s1. The monoisotopic (exact) mass is 339 g/mol. The number of esters is 1. The summed E-state index contributed by atoms with van der Waals surface area (Å²) in [5.41, 5.74) is 0. The second-order valence-electron chi connectivity index (χ2n) is 5.59. The van der Waals surface area contributed by atoms with Crippen LogP contribution in [-0.4, -0.2) is 43.1 Å². The number of nitrogens with zero attached hydrogens (tertiary/aromatic N) is 1. The fourth-order valence-electron chi connectivity index (χ4n) is 2.72. The Morgan fingerprint density at radius 1 is 1.35 bits per heavy atom. The molecule has 2 rings (SSSR count). The smallest absolute Gasteiger partial charge is 0.308 e. The lowest BCUT2D eigenvalue weighted by Gasteiger charge is -2.33. The Labute approximate surface area is 141 Å². The van der Waals surface area contributed by atoms with Crippen molar-refractivity contribution in [2.24, 2.45) is 5.92 Å². The van der Waals surface area contributed by atoms with E-state index < -0.39 is 6.10 Å². The molecule has 0 unspecified atom stereocenters. The minimum absolute atomic E-state index is 0.0456. The van der Waals surface area contributed by atoms with Gasteiger partial charge in [0.2, 0.25) is 0 Å². The van der Waals surface area contributed by atoms with Gasteiger partial charge in [-0.3, -0.25) is 9.59 Å². The maximum atomic E-state index is 12.6. The first-order chi connectivity index (χ1) is 11.0. The van der Waals surface area contributed by atoms with Gasteiger partial charge >= 0.3 is 5.97 Å². The number of rotatable bonds is 5. The molecule has 126 valence electrons. The normalized spacial score (nSPS) is 16.7. The molecule has 1 amide bonds. The van der Waals surface area contributed by atoms with Crippen LogP contribution in [0.4, 0.5) is 0 Å². The summed E-state index contributed by atoms with van der Waals surface area (Å²) in [6.45, 7) is 3.01. The van der Waals surface area contributed by atoms with Crippen LogP contribution in [0, 0.1) is 5.92 Å². The van der Waals surface area contributed by atoms with Gasteiger partial charge in [0, 0.05) is 18.1 Å². The van der Waals surface area contributed by atoms with Crippen LogP contribution in [-0.2, 0) is 14.3 Å². The number of amides is 1. The molecule has 23 heavy (non-hydrogen) atoms. The molecule has 0 radical (unpaired) electrons. The molecule has 5 nitrogen and oxygen atoms in total. The molecule has 1 aromatic rings. The van der Waals surface area contributed by atoms with Crippen molar-refractivity contribution in [2.75, 3.05) is 20.2 Å². The topological polar surface area (TPSA) is 55.8 Å². The molecule has 0 bridgehead atoms. The number of hydrogen-bond donors (Lipinski definition) is 0. The first-order valence-corrected chi connectivity index (χ1v) is 8.21. The molecule has 0 N–H and O–H groups in total. The van der Waals surface area contributed by atoms with Gasteiger partial charge in [-0.2, -0.15) is 0 Å². The van der Waals surface area contributed by atoms with Gasteiger partial charge in [-0.1, -0.05) is 24.6 Å². The molecule has 0 aliphatic carbocycles. The van der Waals surface area contributed by atoms with Crippen molar-refractivity contribution in [1.82, 2.24) is 4.90 Å². The minimum Gasteiger partial charge on any atom is -0.481 e. The molecule has 1 aromatic carbocycles. The number of benzene rings is 1. The van der Waals surface area contributed by atoms with Crippen LogP contribution in [0.3, 0.4) is 0 Å². The maximum absolute atomic E-state index is 12.6. The van der Waals surface area contributed by atoms with Crippen LogP contribution in [0.5, 0.6) is 5.75 Å². The van der Waals surface area contributed by atoms with E-state index in [1.54, 1.807) is 29.2 Å². The molecule has 1 saturated heterocycles. The van der Waals surface area contributed by atoms with E-state index in [1.807, 2.05) is 6.92 Å². The summed E-state index contributed by atoms with van der Waals surface area (Å²) in [6, 6.07) is 7.03. The fraction of sp³-hybridized carbons (Fsp3) is 0.529. The highest BCUT2D eigenvalue weighted by molar-refractivity contribution is 6.30. The predicted octanol–water partition coefficient (Wildman–Crippen LogP) is 2.91. The summed E-state index contributed by atoms with van der Waals surface area (Å²) in [4.78, 5) is 25.9. The zero-order valence-electron chi connectivity index (χ0n) is 13.5. The number of hydrogen-bond acceptors (Lipinski definition) is 4. The summed E-state index contributed by atoms with van der Waals surface area (Å²) >= 11 is 5.94. The summed E-state index contributed by atoms with van der Waals surface area (Å²) in [5, 5.41) is 0.573. The van der Waals surface area contributed by atoms with Crippen LogP contribution >= 0.6 is 11.6 Å². The molecule has 0 spiro atoms. The number of carbonyl (C=O) groups is 2. The van der Waals surface area contributed by atoms with E-state index in [4.69, 9.17) is 21.1 Å². The Bertz CT molecular complexity index is 555. The third-order valence-electron chi connectivity index (χ3n) is 4.06. The molecule has 1 atom stereocenters. The quantitative estimate of drug-likeness (QED) is 0.774. The predicted molar refractivity (Wildman–Crippen MR) is 87.5 cm³/mol. The van der Waals surface area contributed by atoms with Crippen molar-refractivity contribution in [3.8, 4) is 5.75 Å². The lowest BCUT2D eigenvalue weighted by molar-refractivity contribution is -0.150. The molecule has 0 aromatic heterocycles.